The fourth-order valence-electron chi connectivity index (χ4n) is 2.71. The van der Waals surface area contributed by atoms with Gasteiger partial charge < -0.3 is 15.1 Å². The molecule has 4 nitrogen and oxygen atoms in total. The van der Waals surface area contributed by atoms with Gasteiger partial charge in [0, 0.05) is 31.1 Å². The Kier molecular flexibility index (Phi) is 5.19. The average Bonchev–Trinajstić information content (AvgIpc) is 2.81. The minimum Gasteiger partial charge on any atom is -0.347 e. The van der Waals surface area contributed by atoms with Crippen molar-refractivity contribution in [2.45, 2.75) is 38.8 Å². The molecule has 1 aromatic rings. The highest BCUT2D eigenvalue weighted by Gasteiger charge is 2.23. The number of nitrogens with one attached hydrogen (secondary N) is 1. The second kappa shape index (κ2) is 6.68. The molecule has 1 aliphatic heterocycles. The number of likely N-dealkylation sites (tertiary alicyclic amines) is 1. The third kappa shape index (κ3) is 3.46. The first kappa shape index (κ1) is 14.8. The topological polar surface area (TPSA) is 31.4 Å². The number of hydrogen-bond acceptors (Lipinski definition) is 5. The number of hydrogen-bond donors (Lipinski definition) is 1. The molecule has 1 fully saturated rings. The summed E-state index contributed by atoms with van der Waals surface area (Å²) in [5.41, 5.74) is 1.25. The molecule has 0 bridgehead atoms. The Balaban J connectivity index is 2.11. The van der Waals surface area contributed by atoms with Crippen molar-refractivity contribution < 1.29 is 0 Å². The highest BCUT2D eigenvalue weighted by Crippen LogP contribution is 2.29. The second-order valence-electron chi connectivity index (χ2n) is 5.42. The first-order valence-electron chi connectivity index (χ1n) is 7.20. The Morgan fingerprint density at radius 2 is 2.32 bits per heavy atom. The Morgan fingerprint density at radius 3 is 2.95 bits per heavy atom. The molecule has 19 heavy (non-hydrogen) atoms. The highest BCUT2D eigenvalue weighted by atomic mass is 32.1. The van der Waals surface area contributed by atoms with Gasteiger partial charge in [0.05, 0.1) is 5.69 Å². The minimum absolute atomic E-state index is 0.608. The summed E-state index contributed by atoms with van der Waals surface area (Å²) in [7, 11) is 6.41. The standard InChI is InChI=1S/C14H26N4S/c1-5-12-13(9-15-2)19-14(16-12)18(4)11-7-6-8-17(3)10-11/h11,15H,5-10H2,1-4H3. The van der Waals surface area contributed by atoms with E-state index in [1.54, 1.807) is 0 Å². The van der Waals surface area contributed by atoms with E-state index in [2.05, 4.69) is 36.1 Å². The van der Waals surface area contributed by atoms with Gasteiger partial charge in [-0.3, -0.25) is 0 Å². The van der Waals surface area contributed by atoms with Crippen LogP contribution in [0.25, 0.3) is 0 Å². The molecule has 0 saturated carbocycles. The molecule has 0 radical (unpaired) electrons. The van der Waals surface area contributed by atoms with Gasteiger partial charge >= 0.3 is 0 Å². The normalized spacial score (nSPS) is 20.7. The summed E-state index contributed by atoms with van der Waals surface area (Å²) in [6.07, 6.45) is 3.59. The van der Waals surface area contributed by atoms with Crippen molar-refractivity contribution in [3.05, 3.63) is 10.6 Å². The molecule has 1 unspecified atom stereocenters. The maximum Gasteiger partial charge on any atom is 0.185 e. The van der Waals surface area contributed by atoms with Gasteiger partial charge in [0.2, 0.25) is 0 Å². The van der Waals surface area contributed by atoms with E-state index in [4.69, 9.17) is 4.98 Å². The van der Waals surface area contributed by atoms with Crippen LogP contribution in [0.2, 0.25) is 0 Å². The van der Waals surface area contributed by atoms with Crippen LogP contribution in [-0.2, 0) is 13.0 Å². The van der Waals surface area contributed by atoms with E-state index in [1.165, 1.54) is 35.1 Å². The molecular weight excluding hydrogens is 256 g/mol. The molecule has 0 aliphatic carbocycles. The molecule has 1 atom stereocenters. The van der Waals surface area contributed by atoms with Crippen LogP contribution >= 0.6 is 11.3 Å². The summed E-state index contributed by atoms with van der Waals surface area (Å²) in [6.45, 7) is 5.50. The van der Waals surface area contributed by atoms with Gasteiger partial charge in [0.15, 0.2) is 5.13 Å². The fourth-order valence-corrected chi connectivity index (χ4v) is 3.90. The molecule has 2 rings (SSSR count). The van der Waals surface area contributed by atoms with Crippen LogP contribution in [0.4, 0.5) is 5.13 Å². The summed E-state index contributed by atoms with van der Waals surface area (Å²) in [5.74, 6) is 0. The van der Waals surface area contributed by atoms with Crippen molar-refractivity contribution >= 4 is 16.5 Å². The molecule has 1 aliphatic rings. The van der Waals surface area contributed by atoms with E-state index < -0.39 is 0 Å². The van der Waals surface area contributed by atoms with E-state index in [0.29, 0.717) is 6.04 Å². The first-order valence-corrected chi connectivity index (χ1v) is 8.01. The van der Waals surface area contributed by atoms with Gasteiger partial charge in [-0.2, -0.15) is 0 Å². The van der Waals surface area contributed by atoms with Crippen molar-refractivity contribution in [3.8, 4) is 0 Å². The number of piperidine rings is 1. The van der Waals surface area contributed by atoms with E-state index in [9.17, 15) is 0 Å². The van der Waals surface area contributed by atoms with Gasteiger partial charge in [-0.05, 0) is 39.9 Å². The lowest BCUT2D eigenvalue weighted by molar-refractivity contribution is 0.248. The van der Waals surface area contributed by atoms with Gasteiger partial charge in [0.1, 0.15) is 0 Å². The lowest BCUT2D eigenvalue weighted by Crippen LogP contribution is -2.45. The van der Waals surface area contributed by atoms with Crippen LogP contribution in [0.1, 0.15) is 30.3 Å². The number of nitrogens with zero attached hydrogens (tertiary/aromatic N) is 3. The summed E-state index contributed by atoms with van der Waals surface area (Å²) >= 11 is 1.85. The maximum atomic E-state index is 4.83. The fraction of sp³-hybridized carbons (Fsp3) is 0.786. The highest BCUT2D eigenvalue weighted by molar-refractivity contribution is 7.15. The molecule has 1 saturated heterocycles. The molecule has 0 spiro atoms. The van der Waals surface area contributed by atoms with Crippen molar-refractivity contribution in [1.82, 2.24) is 15.2 Å². The van der Waals surface area contributed by atoms with Gasteiger partial charge in [-0.25, -0.2) is 4.98 Å². The zero-order valence-corrected chi connectivity index (χ0v) is 13.4. The van der Waals surface area contributed by atoms with Gasteiger partial charge in [0.25, 0.3) is 0 Å². The van der Waals surface area contributed by atoms with Gasteiger partial charge in [-0.15, -0.1) is 11.3 Å². The Hall–Kier alpha value is -0.650. The van der Waals surface area contributed by atoms with E-state index in [0.717, 1.165) is 19.5 Å². The average molecular weight is 282 g/mol. The lowest BCUT2D eigenvalue weighted by atomic mass is 10.1. The predicted octanol–water partition coefficient (Wildman–Crippen LogP) is 1.96. The smallest absolute Gasteiger partial charge is 0.185 e. The summed E-state index contributed by atoms with van der Waals surface area (Å²) in [4.78, 5) is 11.0. The lowest BCUT2D eigenvalue weighted by Gasteiger charge is -2.35. The van der Waals surface area contributed by atoms with Crippen LogP contribution in [0.5, 0.6) is 0 Å². The molecule has 0 amide bonds. The van der Waals surface area contributed by atoms with Crippen LogP contribution in [-0.4, -0.2) is 50.2 Å². The third-order valence-corrected chi connectivity index (χ3v) is 5.08. The summed E-state index contributed by atoms with van der Waals surface area (Å²) < 4.78 is 0. The summed E-state index contributed by atoms with van der Waals surface area (Å²) in [6, 6.07) is 0.608. The zero-order valence-electron chi connectivity index (χ0n) is 12.6. The molecule has 5 heteroatoms. The summed E-state index contributed by atoms with van der Waals surface area (Å²) in [5, 5.41) is 4.42. The third-order valence-electron chi connectivity index (χ3n) is 3.89. The number of anilines is 1. The monoisotopic (exact) mass is 282 g/mol. The molecule has 1 aromatic heterocycles. The van der Waals surface area contributed by atoms with Crippen molar-refractivity contribution in [2.75, 3.05) is 39.1 Å². The van der Waals surface area contributed by atoms with Crippen molar-refractivity contribution in [2.24, 2.45) is 0 Å². The molecule has 108 valence electrons. The zero-order chi connectivity index (χ0) is 13.8. The Labute approximate surface area is 120 Å². The predicted molar refractivity (Wildman–Crippen MR) is 83.2 cm³/mol. The minimum atomic E-state index is 0.608. The number of thiazole rings is 1. The van der Waals surface area contributed by atoms with Crippen LogP contribution in [0.3, 0.4) is 0 Å². The quantitative estimate of drug-likeness (QED) is 0.894. The first-order chi connectivity index (χ1) is 9.15. The van der Waals surface area contributed by atoms with Crippen molar-refractivity contribution in [3.63, 3.8) is 0 Å². The molecule has 1 N–H and O–H groups in total. The van der Waals surface area contributed by atoms with Crippen LogP contribution in [0, 0.1) is 0 Å². The Bertz CT molecular complexity index is 404. The van der Waals surface area contributed by atoms with Crippen LogP contribution in [0.15, 0.2) is 0 Å². The molecular formula is C14H26N4S. The second-order valence-corrected chi connectivity index (χ2v) is 6.48. The number of rotatable bonds is 5. The number of aromatic nitrogens is 1. The van der Waals surface area contributed by atoms with Gasteiger partial charge in [-0.1, -0.05) is 6.92 Å². The largest absolute Gasteiger partial charge is 0.347 e. The maximum absolute atomic E-state index is 4.83. The number of likely N-dealkylation sites (N-methyl/N-ethyl adjacent to an activating group) is 2. The van der Waals surface area contributed by atoms with E-state index in [1.807, 2.05) is 18.4 Å². The number of aryl methyl sites for hydroxylation is 1. The molecule has 2 heterocycles. The van der Waals surface area contributed by atoms with E-state index in [-0.39, 0.29) is 0 Å². The van der Waals surface area contributed by atoms with Crippen LogP contribution < -0.4 is 10.2 Å². The SMILES string of the molecule is CCc1nc(N(C)C2CCCN(C)C2)sc1CNC. The van der Waals surface area contributed by atoms with Crippen molar-refractivity contribution in [1.29, 1.82) is 0 Å². The van der Waals surface area contributed by atoms with E-state index >= 15 is 0 Å². The Morgan fingerprint density at radius 1 is 1.53 bits per heavy atom. The molecule has 0 aromatic carbocycles.